The second-order valence-corrected chi connectivity index (χ2v) is 3.82. The fourth-order valence-corrected chi connectivity index (χ4v) is 1.55. The zero-order valence-electron chi connectivity index (χ0n) is 10.5. The highest BCUT2D eigenvalue weighted by Gasteiger charge is 2.02. The lowest BCUT2D eigenvalue weighted by Gasteiger charge is -2.20. The van der Waals surface area contributed by atoms with E-state index in [1.165, 1.54) is 31.5 Å². The normalized spacial score (nSPS) is 12.0. The Hall–Kier alpha value is -0.820. The Labute approximate surface area is 95.2 Å². The highest BCUT2D eigenvalue weighted by atomic mass is 15.1. The molecule has 0 radical (unpaired) electrons. The predicted molar refractivity (Wildman–Crippen MR) is 70.1 cm³/mol. The third-order valence-electron chi connectivity index (χ3n) is 2.14. The second-order valence-electron chi connectivity index (χ2n) is 3.82. The molecule has 1 nitrogen and oxygen atoms in total. The first-order chi connectivity index (χ1) is 7.24. The van der Waals surface area contributed by atoms with Crippen molar-refractivity contribution in [1.29, 1.82) is 0 Å². The number of hydrogen-bond acceptors (Lipinski definition) is 1. The Morgan fingerprint density at radius 1 is 1.13 bits per heavy atom. The van der Waals surface area contributed by atoms with Gasteiger partial charge in [-0.1, -0.05) is 44.7 Å². The van der Waals surface area contributed by atoms with E-state index >= 15 is 0 Å². The van der Waals surface area contributed by atoms with Gasteiger partial charge in [0, 0.05) is 6.54 Å². The molecule has 0 bridgehead atoms. The number of nitrogens with zero attached hydrogens (tertiary/aromatic N) is 1. The molecule has 86 valence electrons. The van der Waals surface area contributed by atoms with Crippen LogP contribution in [0, 0.1) is 0 Å². The van der Waals surface area contributed by atoms with E-state index in [0.29, 0.717) is 0 Å². The Kier molecular flexibility index (Phi) is 9.19. The lowest BCUT2D eigenvalue weighted by atomic mass is 10.2. The van der Waals surface area contributed by atoms with E-state index in [9.17, 15) is 0 Å². The molecular formula is C14H25N. The summed E-state index contributed by atoms with van der Waals surface area (Å²) >= 11 is 0. The van der Waals surface area contributed by atoms with Crippen LogP contribution in [0.4, 0.5) is 0 Å². The molecule has 0 saturated carbocycles. The van der Waals surface area contributed by atoms with E-state index in [0.717, 1.165) is 6.54 Å². The Morgan fingerprint density at radius 3 is 2.20 bits per heavy atom. The van der Waals surface area contributed by atoms with Crippen molar-refractivity contribution in [2.75, 3.05) is 19.6 Å². The summed E-state index contributed by atoms with van der Waals surface area (Å²) in [6.45, 7) is 13.9. The lowest BCUT2D eigenvalue weighted by Crippen LogP contribution is -2.27. The van der Waals surface area contributed by atoms with E-state index < -0.39 is 0 Å². The third kappa shape index (κ3) is 8.19. The Balaban J connectivity index is 3.98. The molecule has 0 aromatic carbocycles. The van der Waals surface area contributed by atoms with Gasteiger partial charge in [-0.2, -0.15) is 0 Å². The molecule has 0 unspecified atom stereocenters. The zero-order valence-corrected chi connectivity index (χ0v) is 10.5. The van der Waals surface area contributed by atoms with Gasteiger partial charge in [-0.25, -0.2) is 0 Å². The molecule has 0 aliphatic rings. The average molecular weight is 207 g/mol. The van der Waals surface area contributed by atoms with Crippen LogP contribution in [0.5, 0.6) is 0 Å². The molecule has 0 N–H and O–H groups in total. The van der Waals surface area contributed by atoms with Crippen LogP contribution in [-0.4, -0.2) is 24.5 Å². The summed E-state index contributed by atoms with van der Waals surface area (Å²) in [5, 5.41) is 0. The van der Waals surface area contributed by atoms with Gasteiger partial charge in [0.2, 0.25) is 0 Å². The van der Waals surface area contributed by atoms with E-state index in [1.54, 1.807) is 0 Å². The monoisotopic (exact) mass is 207 g/mol. The fourth-order valence-electron chi connectivity index (χ4n) is 1.55. The zero-order chi connectivity index (χ0) is 11.5. The fraction of sp³-hybridized carbons (Fsp3) is 0.571. The third-order valence-corrected chi connectivity index (χ3v) is 2.14. The maximum atomic E-state index is 4.07. The molecular weight excluding hydrogens is 182 g/mol. The van der Waals surface area contributed by atoms with Crippen molar-refractivity contribution < 1.29 is 0 Å². The summed E-state index contributed by atoms with van der Waals surface area (Å²) in [5.41, 5.74) is 1.19. The van der Waals surface area contributed by atoms with Gasteiger partial charge in [0.25, 0.3) is 0 Å². The van der Waals surface area contributed by atoms with Crippen molar-refractivity contribution in [3.8, 4) is 0 Å². The molecule has 0 aromatic rings. The minimum Gasteiger partial charge on any atom is -0.299 e. The van der Waals surface area contributed by atoms with Gasteiger partial charge in [-0.3, -0.25) is 4.90 Å². The van der Waals surface area contributed by atoms with E-state index in [4.69, 9.17) is 0 Å². The number of hydrogen-bond donors (Lipinski definition) is 0. The van der Waals surface area contributed by atoms with Crippen molar-refractivity contribution >= 4 is 0 Å². The summed E-state index contributed by atoms with van der Waals surface area (Å²) < 4.78 is 0. The summed E-state index contributed by atoms with van der Waals surface area (Å²) in [4.78, 5) is 2.46. The lowest BCUT2D eigenvalue weighted by molar-refractivity contribution is 0.299. The molecule has 0 amide bonds. The van der Waals surface area contributed by atoms with E-state index in [-0.39, 0.29) is 0 Å². The van der Waals surface area contributed by atoms with Crippen LogP contribution < -0.4 is 0 Å². The second kappa shape index (κ2) is 9.72. The number of allylic oxidation sites excluding steroid dienone is 3. The maximum absolute atomic E-state index is 4.07. The van der Waals surface area contributed by atoms with Gasteiger partial charge in [-0.15, -0.1) is 0 Å². The van der Waals surface area contributed by atoms with Crippen molar-refractivity contribution in [1.82, 2.24) is 4.90 Å². The topological polar surface area (TPSA) is 3.24 Å². The first-order valence-corrected chi connectivity index (χ1v) is 5.94. The molecule has 0 atom stereocenters. The molecule has 0 aliphatic carbocycles. The molecule has 0 heterocycles. The largest absolute Gasteiger partial charge is 0.299 e. The van der Waals surface area contributed by atoms with Gasteiger partial charge in [-0.05, 0) is 38.4 Å². The van der Waals surface area contributed by atoms with Crippen molar-refractivity contribution in [2.24, 2.45) is 0 Å². The smallest absolute Gasteiger partial charge is 0.0227 e. The molecule has 0 saturated heterocycles. The van der Waals surface area contributed by atoms with Crippen molar-refractivity contribution in [3.05, 3.63) is 36.5 Å². The molecule has 15 heavy (non-hydrogen) atoms. The molecule has 1 heteroatoms. The van der Waals surface area contributed by atoms with Crippen molar-refractivity contribution in [2.45, 2.75) is 33.6 Å². The van der Waals surface area contributed by atoms with Gasteiger partial charge < -0.3 is 0 Å². The van der Waals surface area contributed by atoms with Crippen LogP contribution in [0.2, 0.25) is 0 Å². The van der Waals surface area contributed by atoms with Crippen LogP contribution in [0.1, 0.15) is 33.6 Å². The maximum Gasteiger partial charge on any atom is 0.0227 e. The van der Waals surface area contributed by atoms with Crippen LogP contribution in [0.25, 0.3) is 0 Å². The van der Waals surface area contributed by atoms with Gasteiger partial charge in [0.15, 0.2) is 0 Å². The summed E-state index contributed by atoms with van der Waals surface area (Å²) in [7, 11) is 0. The number of rotatable bonds is 8. The summed E-state index contributed by atoms with van der Waals surface area (Å²) in [6, 6.07) is 0. The Morgan fingerprint density at radius 2 is 1.73 bits per heavy atom. The molecule has 0 aromatic heterocycles. The highest BCUT2D eigenvalue weighted by molar-refractivity contribution is 5.20. The van der Waals surface area contributed by atoms with Crippen LogP contribution >= 0.6 is 0 Å². The minimum absolute atomic E-state index is 0.996. The van der Waals surface area contributed by atoms with Crippen LogP contribution in [-0.2, 0) is 0 Å². The first-order valence-electron chi connectivity index (χ1n) is 5.94. The summed E-state index contributed by atoms with van der Waals surface area (Å²) in [6.07, 6.45) is 10.6. The average Bonchev–Trinajstić information content (AvgIpc) is 2.19. The van der Waals surface area contributed by atoms with Crippen LogP contribution in [0.3, 0.4) is 0 Å². The SMILES string of the molecule is C=C(/C=C\C=C/C)CN(CCC)CCC. The highest BCUT2D eigenvalue weighted by Crippen LogP contribution is 2.01. The van der Waals surface area contributed by atoms with E-state index in [2.05, 4.69) is 37.5 Å². The molecule has 0 fully saturated rings. The molecule has 0 rings (SSSR count). The van der Waals surface area contributed by atoms with Gasteiger partial charge in [0.1, 0.15) is 0 Å². The molecule has 0 spiro atoms. The van der Waals surface area contributed by atoms with Crippen molar-refractivity contribution in [3.63, 3.8) is 0 Å². The first kappa shape index (κ1) is 14.2. The van der Waals surface area contributed by atoms with Crippen LogP contribution in [0.15, 0.2) is 36.5 Å². The van der Waals surface area contributed by atoms with Gasteiger partial charge >= 0.3 is 0 Å². The quantitative estimate of drug-likeness (QED) is 0.547. The predicted octanol–water partition coefficient (Wildman–Crippen LogP) is 3.80. The summed E-state index contributed by atoms with van der Waals surface area (Å²) in [5.74, 6) is 0. The Bertz CT molecular complexity index is 207. The molecule has 0 aliphatic heterocycles. The van der Waals surface area contributed by atoms with E-state index in [1.807, 2.05) is 19.1 Å². The minimum atomic E-state index is 0.996. The van der Waals surface area contributed by atoms with Gasteiger partial charge in [0.05, 0.1) is 0 Å². The standard InChI is InChI=1S/C14H25N/c1-5-8-9-10-14(4)13-15(11-6-2)12-7-3/h5,8-10H,4,6-7,11-13H2,1-3H3/b8-5-,10-9-.